The van der Waals surface area contributed by atoms with Crippen molar-refractivity contribution in [1.29, 1.82) is 0 Å². The van der Waals surface area contributed by atoms with E-state index in [9.17, 15) is 4.79 Å². The van der Waals surface area contributed by atoms with Gasteiger partial charge in [-0.15, -0.1) is 0 Å². The molecule has 0 aliphatic heterocycles. The lowest BCUT2D eigenvalue weighted by molar-refractivity contribution is -0.119. The minimum atomic E-state index is 0.461. The van der Waals surface area contributed by atoms with Crippen molar-refractivity contribution < 1.29 is 4.79 Å². The van der Waals surface area contributed by atoms with Gasteiger partial charge in [0.1, 0.15) is 5.78 Å². The van der Waals surface area contributed by atoms with Crippen molar-refractivity contribution in [2.24, 2.45) is 17.8 Å². The number of unbranched alkanes of at least 4 members (excludes halogenated alkanes) is 3. The summed E-state index contributed by atoms with van der Waals surface area (Å²) in [5.41, 5.74) is 0. The van der Waals surface area contributed by atoms with Gasteiger partial charge in [0.25, 0.3) is 0 Å². The molecule has 1 aliphatic carbocycles. The molecule has 0 saturated heterocycles. The number of rotatable bonds is 12. The summed E-state index contributed by atoms with van der Waals surface area (Å²) in [7, 11) is 0. The maximum atomic E-state index is 12.3. The van der Waals surface area contributed by atoms with E-state index in [-0.39, 0.29) is 0 Å². The molecule has 26 heavy (non-hydrogen) atoms. The molecule has 1 fully saturated rings. The van der Waals surface area contributed by atoms with Gasteiger partial charge in [-0.2, -0.15) is 0 Å². The van der Waals surface area contributed by atoms with E-state index in [0.29, 0.717) is 11.7 Å². The van der Waals surface area contributed by atoms with Crippen molar-refractivity contribution in [3.05, 3.63) is 24.3 Å². The molecule has 0 aromatic heterocycles. The van der Waals surface area contributed by atoms with Gasteiger partial charge in [-0.3, -0.25) is 4.79 Å². The van der Waals surface area contributed by atoms with Crippen LogP contribution in [0.2, 0.25) is 0 Å². The molecule has 1 heteroatoms. The van der Waals surface area contributed by atoms with Crippen LogP contribution in [0.25, 0.3) is 0 Å². The number of Topliss-reactive ketones (excluding diaryl/α,β-unsaturated/α-hetero) is 1. The Balaban J connectivity index is 0.00000301. The highest BCUT2D eigenvalue weighted by Crippen LogP contribution is 2.30. The van der Waals surface area contributed by atoms with Crippen LogP contribution >= 0.6 is 0 Å². The van der Waals surface area contributed by atoms with Crippen molar-refractivity contribution in [2.45, 2.75) is 112 Å². The lowest BCUT2D eigenvalue weighted by atomic mass is 9.82. The van der Waals surface area contributed by atoms with Gasteiger partial charge in [-0.1, -0.05) is 84.1 Å². The van der Waals surface area contributed by atoms with Crippen LogP contribution < -0.4 is 0 Å². The fraction of sp³-hybridized carbons (Fsp3) is 0.800. The second-order valence-electron chi connectivity index (χ2n) is 7.86. The molecule has 0 amide bonds. The lowest BCUT2D eigenvalue weighted by Crippen LogP contribution is -2.11. The molecule has 1 nitrogen and oxygen atoms in total. The molecule has 0 bridgehead atoms. The lowest BCUT2D eigenvalue weighted by Gasteiger charge is -2.24. The summed E-state index contributed by atoms with van der Waals surface area (Å²) in [4.78, 5) is 12.3. The van der Waals surface area contributed by atoms with Crippen LogP contribution in [-0.4, -0.2) is 5.78 Å². The molecule has 1 saturated carbocycles. The summed E-state index contributed by atoms with van der Waals surface area (Å²) >= 11 is 0. The number of allylic oxidation sites excluding steroid dienone is 4. The maximum absolute atomic E-state index is 12.3. The smallest absolute Gasteiger partial charge is 0.133 e. The average molecular weight is 363 g/mol. The third-order valence-corrected chi connectivity index (χ3v) is 5.45. The third kappa shape index (κ3) is 13.4. The number of carbonyl (C=O) groups excluding carboxylic acids is 1. The Bertz CT molecular complexity index is 372. The van der Waals surface area contributed by atoms with Crippen LogP contribution in [0.15, 0.2) is 24.3 Å². The highest BCUT2D eigenvalue weighted by atomic mass is 16.1. The van der Waals surface area contributed by atoms with Crippen LogP contribution in [-0.2, 0) is 4.79 Å². The van der Waals surface area contributed by atoms with Crippen LogP contribution in [0, 0.1) is 17.8 Å². The molecule has 0 N–H and O–H groups in total. The highest BCUT2D eigenvalue weighted by molar-refractivity contribution is 5.78. The van der Waals surface area contributed by atoms with Crippen molar-refractivity contribution >= 4 is 5.78 Å². The molecular weight excluding hydrogens is 316 g/mol. The monoisotopic (exact) mass is 362 g/mol. The van der Waals surface area contributed by atoms with E-state index in [1.807, 2.05) is 20.8 Å². The zero-order valence-electron chi connectivity index (χ0n) is 18.4. The minimum Gasteiger partial charge on any atom is -0.300 e. The quantitative estimate of drug-likeness (QED) is 0.252. The summed E-state index contributed by atoms with van der Waals surface area (Å²) in [5.74, 6) is 2.61. The topological polar surface area (TPSA) is 17.1 Å². The fourth-order valence-electron chi connectivity index (χ4n) is 3.69. The number of ketones is 1. The Morgan fingerprint density at radius 3 is 2.38 bits per heavy atom. The van der Waals surface area contributed by atoms with E-state index >= 15 is 0 Å². The largest absolute Gasteiger partial charge is 0.300 e. The maximum Gasteiger partial charge on any atom is 0.133 e. The summed E-state index contributed by atoms with van der Waals surface area (Å²) in [6.07, 6.45) is 23.1. The standard InChI is InChI=1S/C23H40O.C2H6/c1-4-6-8-10-12-23(24)19-22(11-9-7-5-2)18-17-21-15-13-20(3)14-16-21;1-2/h4,6,17-18,20-22H,5,7-16,19H2,1-3H3;1-2H3/b6-4-,18-17+;. The zero-order chi connectivity index (χ0) is 19.6. The zero-order valence-corrected chi connectivity index (χ0v) is 18.4. The van der Waals surface area contributed by atoms with E-state index < -0.39 is 0 Å². The van der Waals surface area contributed by atoms with Crippen molar-refractivity contribution in [3.63, 3.8) is 0 Å². The Hall–Kier alpha value is -0.850. The Labute approximate surface area is 164 Å². The van der Waals surface area contributed by atoms with Crippen LogP contribution in [0.4, 0.5) is 0 Å². The van der Waals surface area contributed by atoms with Crippen molar-refractivity contribution in [2.75, 3.05) is 0 Å². The van der Waals surface area contributed by atoms with Gasteiger partial charge in [0.05, 0.1) is 0 Å². The van der Waals surface area contributed by atoms with Crippen LogP contribution in [0.3, 0.4) is 0 Å². The third-order valence-electron chi connectivity index (χ3n) is 5.45. The average Bonchev–Trinajstić information content (AvgIpc) is 2.66. The predicted molar refractivity (Wildman–Crippen MR) is 118 cm³/mol. The Kier molecular flexibility index (Phi) is 17.0. The van der Waals surface area contributed by atoms with Crippen LogP contribution in [0.1, 0.15) is 112 Å². The summed E-state index contributed by atoms with van der Waals surface area (Å²) in [6, 6.07) is 0. The Morgan fingerprint density at radius 2 is 1.77 bits per heavy atom. The molecule has 152 valence electrons. The summed E-state index contributed by atoms with van der Waals surface area (Å²) in [6.45, 7) is 10.7. The SMILES string of the molecule is C/C=C\CCCC(=O)CC(/C=C/C1CCC(C)CC1)CCCCC.CC. The molecule has 0 radical (unpaired) electrons. The first kappa shape index (κ1) is 25.1. The molecule has 1 rings (SSSR count). The molecule has 1 atom stereocenters. The van der Waals surface area contributed by atoms with E-state index in [4.69, 9.17) is 0 Å². The van der Waals surface area contributed by atoms with E-state index in [1.54, 1.807) is 0 Å². The normalized spacial score (nSPS) is 21.6. The molecule has 1 unspecified atom stereocenters. The summed E-state index contributed by atoms with van der Waals surface area (Å²) in [5, 5.41) is 0. The van der Waals surface area contributed by atoms with Gasteiger partial charge in [-0.05, 0) is 56.8 Å². The highest BCUT2D eigenvalue weighted by Gasteiger charge is 2.17. The molecule has 0 aromatic rings. The first-order valence-electron chi connectivity index (χ1n) is 11.5. The molecule has 0 spiro atoms. The fourth-order valence-corrected chi connectivity index (χ4v) is 3.69. The first-order chi connectivity index (χ1) is 12.7. The first-order valence-corrected chi connectivity index (χ1v) is 11.5. The molecule has 0 heterocycles. The Morgan fingerprint density at radius 1 is 1.08 bits per heavy atom. The van der Waals surface area contributed by atoms with Gasteiger partial charge in [0.2, 0.25) is 0 Å². The predicted octanol–water partition coefficient (Wildman–Crippen LogP) is 8.30. The number of hydrogen-bond acceptors (Lipinski definition) is 1. The van der Waals surface area contributed by atoms with E-state index in [0.717, 1.165) is 37.5 Å². The minimum absolute atomic E-state index is 0.461. The van der Waals surface area contributed by atoms with Gasteiger partial charge >= 0.3 is 0 Å². The number of carbonyl (C=O) groups is 1. The molecular formula is C25H46O. The van der Waals surface area contributed by atoms with E-state index in [1.165, 1.54) is 51.4 Å². The number of hydrogen-bond donors (Lipinski definition) is 0. The summed E-state index contributed by atoms with van der Waals surface area (Å²) < 4.78 is 0. The van der Waals surface area contributed by atoms with Gasteiger partial charge in [0.15, 0.2) is 0 Å². The molecule has 1 aliphatic rings. The van der Waals surface area contributed by atoms with Gasteiger partial charge < -0.3 is 0 Å². The van der Waals surface area contributed by atoms with E-state index in [2.05, 4.69) is 38.2 Å². The van der Waals surface area contributed by atoms with Crippen molar-refractivity contribution in [3.8, 4) is 0 Å². The molecule has 0 aromatic carbocycles. The second kappa shape index (κ2) is 17.6. The van der Waals surface area contributed by atoms with Crippen molar-refractivity contribution in [1.82, 2.24) is 0 Å². The second-order valence-corrected chi connectivity index (χ2v) is 7.86. The van der Waals surface area contributed by atoms with Crippen LogP contribution in [0.5, 0.6) is 0 Å². The van der Waals surface area contributed by atoms with Gasteiger partial charge in [0, 0.05) is 12.8 Å². The van der Waals surface area contributed by atoms with Gasteiger partial charge in [-0.25, -0.2) is 0 Å².